The lowest BCUT2D eigenvalue weighted by Gasteiger charge is -2.31. The summed E-state index contributed by atoms with van der Waals surface area (Å²) >= 11 is 6.56. The molecule has 3 amide bonds. The summed E-state index contributed by atoms with van der Waals surface area (Å²) < 4.78 is 5.54. The Bertz CT molecular complexity index is 512. The van der Waals surface area contributed by atoms with E-state index in [0.717, 1.165) is 25.9 Å². The van der Waals surface area contributed by atoms with Crippen LogP contribution in [-0.2, 0) is 14.3 Å². The van der Waals surface area contributed by atoms with Gasteiger partial charge in [0.1, 0.15) is 4.32 Å². The van der Waals surface area contributed by atoms with Gasteiger partial charge in [0.05, 0.1) is 5.75 Å². The van der Waals surface area contributed by atoms with Crippen molar-refractivity contribution in [1.29, 1.82) is 0 Å². The van der Waals surface area contributed by atoms with Crippen LogP contribution in [0.5, 0.6) is 0 Å². The third-order valence-corrected chi connectivity index (χ3v) is 4.96. The Kier molecular flexibility index (Phi) is 8.64. The lowest BCUT2D eigenvalue weighted by atomic mass is 10.00. The second kappa shape index (κ2) is 9.96. The molecule has 0 aromatic carbocycles. The van der Waals surface area contributed by atoms with E-state index in [1.165, 1.54) is 11.8 Å². The highest BCUT2D eigenvalue weighted by molar-refractivity contribution is 8.23. The maximum absolute atomic E-state index is 11.7. The lowest BCUT2D eigenvalue weighted by Crippen LogP contribution is -2.49. The average molecular weight is 390 g/mol. The molecule has 1 aliphatic heterocycles. The fourth-order valence-corrected chi connectivity index (χ4v) is 3.17. The topological polar surface area (TPSA) is 87.7 Å². The van der Waals surface area contributed by atoms with Crippen LogP contribution in [0.4, 0.5) is 4.79 Å². The number of urea groups is 1. The molecule has 0 atom stereocenters. The van der Waals surface area contributed by atoms with Gasteiger partial charge in [0.15, 0.2) is 6.61 Å². The minimum Gasteiger partial charge on any atom is -0.455 e. The van der Waals surface area contributed by atoms with E-state index in [2.05, 4.69) is 22.5 Å². The van der Waals surface area contributed by atoms with Gasteiger partial charge in [-0.05, 0) is 39.5 Å². The number of thioether (sulfide) groups is 1. The average Bonchev–Trinajstić information content (AvgIpc) is 2.49. The van der Waals surface area contributed by atoms with Gasteiger partial charge in [0, 0.05) is 18.6 Å². The summed E-state index contributed by atoms with van der Waals surface area (Å²) in [6.45, 7) is 8.92. The van der Waals surface area contributed by atoms with Gasteiger partial charge in [-0.3, -0.25) is 14.9 Å². The predicted octanol–water partition coefficient (Wildman–Crippen LogP) is 1.90. The molecule has 0 unspecified atom stereocenters. The Labute approximate surface area is 158 Å². The van der Waals surface area contributed by atoms with E-state index >= 15 is 0 Å². The maximum atomic E-state index is 11.7. The number of esters is 1. The van der Waals surface area contributed by atoms with Crippen molar-refractivity contribution in [2.24, 2.45) is 5.92 Å². The van der Waals surface area contributed by atoms with Crippen LogP contribution >= 0.6 is 24.0 Å². The van der Waals surface area contributed by atoms with Crippen LogP contribution in [0, 0.1) is 5.92 Å². The zero-order valence-corrected chi connectivity index (χ0v) is 16.8. The van der Waals surface area contributed by atoms with Crippen LogP contribution in [0.25, 0.3) is 0 Å². The van der Waals surface area contributed by atoms with Crippen LogP contribution in [0.15, 0.2) is 0 Å². The molecule has 142 valence electrons. The van der Waals surface area contributed by atoms with E-state index in [1.807, 2.05) is 0 Å². The van der Waals surface area contributed by atoms with Crippen LogP contribution in [0.2, 0.25) is 0 Å². The molecule has 1 heterocycles. The number of likely N-dealkylation sites (tertiary alicyclic amines) is 1. The first-order chi connectivity index (χ1) is 11.6. The molecule has 0 bridgehead atoms. The van der Waals surface area contributed by atoms with Crippen LogP contribution in [0.1, 0.15) is 40.5 Å². The number of carbonyl (C=O) groups is 3. The quantitative estimate of drug-likeness (QED) is 0.561. The fraction of sp³-hybridized carbons (Fsp3) is 0.750. The van der Waals surface area contributed by atoms with Crippen molar-refractivity contribution in [1.82, 2.24) is 15.5 Å². The van der Waals surface area contributed by atoms with Gasteiger partial charge in [-0.15, -0.1) is 0 Å². The number of ether oxygens (including phenoxy) is 1. The van der Waals surface area contributed by atoms with Gasteiger partial charge >= 0.3 is 12.0 Å². The van der Waals surface area contributed by atoms with Crippen molar-refractivity contribution >= 4 is 46.2 Å². The zero-order valence-electron chi connectivity index (χ0n) is 15.2. The molecular formula is C16H27N3O4S2. The summed E-state index contributed by atoms with van der Waals surface area (Å²) in [6, 6.07) is -0.622. The highest BCUT2D eigenvalue weighted by atomic mass is 32.2. The fourth-order valence-electron chi connectivity index (χ4n) is 2.13. The van der Waals surface area contributed by atoms with Crippen molar-refractivity contribution < 1.29 is 19.1 Å². The number of thiocarbonyl (C=S) groups is 1. The number of carbonyl (C=O) groups excluding carboxylic acids is 3. The smallest absolute Gasteiger partial charge is 0.321 e. The van der Waals surface area contributed by atoms with Crippen molar-refractivity contribution in [2.75, 3.05) is 25.4 Å². The first-order valence-electron chi connectivity index (χ1n) is 8.26. The van der Waals surface area contributed by atoms with E-state index < -0.39 is 30.1 Å². The molecule has 1 aliphatic rings. The molecule has 25 heavy (non-hydrogen) atoms. The number of amides is 3. The maximum Gasteiger partial charge on any atom is 0.321 e. The summed E-state index contributed by atoms with van der Waals surface area (Å²) in [6.07, 6.45) is 2.20. The van der Waals surface area contributed by atoms with E-state index in [4.69, 9.17) is 17.0 Å². The minimum atomic E-state index is -0.673. The molecule has 0 saturated carbocycles. The Hall–Kier alpha value is -1.35. The van der Waals surface area contributed by atoms with Gasteiger partial charge in [-0.25, -0.2) is 4.79 Å². The molecule has 0 radical (unpaired) electrons. The minimum absolute atomic E-state index is 0.0480. The van der Waals surface area contributed by atoms with Gasteiger partial charge in [0.25, 0.3) is 5.91 Å². The Morgan fingerprint density at radius 3 is 2.40 bits per heavy atom. The molecule has 9 heteroatoms. The molecule has 7 nitrogen and oxygen atoms in total. The molecule has 1 fully saturated rings. The van der Waals surface area contributed by atoms with E-state index in [-0.39, 0.29) is 5.75 Å². The number of hydrogen-bond donors (Lipinski definition) is 2. The second-order valence-electron chi connectivity index (χ2n) is 7.14. The monoisotopic (exact) mass is 389 g/mol. The van der Waals surface area contributed by atoms with Crippen molar-refractivity contribution in [3.05, 3.63) is 0 Å². The molecule has 0 aliphatic carbocycles. The Morgan fingerprint density at radius 1 is 1.24 bits per heavy atom. The molecule has 1 saturated heterocycles. The molecule has 1 rings (SSSR count). The summed E-state index contributed by atoms with van der Waals surface area (Å²) in [4.78, 5) is 36.9. The third kappa shape index (κ3) is 9.64. The number of rotatable bonds is 4. The van der Waals surface area contributed by atoms with Crippen LogP contribution < -0.4 is 10.6 Å². The molecular weight excluding hydrogens is 362 g/mol. The van der Waals surface area contributed by atoms with E-state index in [0.29, 0.717) is 10.2 Å². The van der Waals surface area contributed by atoms with Gasteiger partial charge in [-0.1, -0.05) is 30.9 Å². The summed E-state index contributed by atoms with van der Waals surface area (Å²) in [5.41, 5.74) is -0.459. The van der Waals surface area contributed by atoms with E-state index in [9.17, 15) is 14.4 Å². The third-order valence-electron chi connectivity index (χ3n) is 3.46. The Morgan fingerprint density at radius 2 is 1.84 bits per heavy atom. The SMILES string of the molecule is CC1CCN(C(=S)SCC(=O)OCC(=O)NC(=O)NC(C)(C)C)CC1. The van der Waals surface area contributed by atoms with Gasteiger partial charge < -0.3 is 15.0 Å². The largest absolute Gasteiger partial charge is 0.455 e. The summed E-state index contributed by atoms with van der Waals surface area (Å²) in [7, 11) is 0. The molecule has 0 spiro atoms. The van der Waals surface area contributed by atoms with Crippen molar-refractivity contribution in [3.8, 4) is 0 Å². The zero-order chi connectivity index (χ0) is 19.0. The number of imide groups is 1. The van der Waals surface area contributed by atoms with Crippen molar-refractivity contribution in [3.63, 3.8) is 0 Å². The summed E-state index contributed by atoms with van der Waals surface area (Å²) in [5, 5.41) is 4.68. The van der Waals surface area contributed by atoms with Gasteiger partial charge in [0.2, 0.25) is 0 Å². The highest BCUT2D eigenvalue weighted by Crippen LogP contribution is 2.20. The number of nitrogens with one attached hydrogen (secondary N) is 2. The first kappa shape index (κ1) is 21.7. The van der Waals surface area contributed by atoms with Crippen LogP contribution in [-0.4, -0.2) is 58.1 Å². The predicted molar refractivity (Wildman–Crippen MR) is 102 cm³/mol. The normalized spacial score (nSPS) is 15.4. The number of piperidine rings is 1. The Balaban J connectivity index is 2.20. The molecule has 0 aromatic heterocycles. The second-order valence-corrected chi connectivity index (χ2v) is 8.75. The molecule has 0 aromatic rings. The number of nitrogens with zero attached hydrogens (tertiary/aromatic N) is 1. The summed E-state index contributed by atoms with van der Waals surface area (Å²) in [5.74, 6) is -0.452. The van der Waals surface area contributed by atoms with Crippen molar-refractivity contribution in [2.45, 2.75) is 46.1 Å². The van der Waals surface area contributed by atoms with Gasteiger partial charge in [-0.2, -0.15) is 0 Å². The molecule has 2 N–H and O–H groups in total. The number of hydrogen-bond acceptors (Lipinski definition) is 6. The van der Waals surface area contributed by atoms with E-state index in [1.54, 1.807) is 20.8 Å². The van der Waals surface area contributed by atoms with Crippen LogP contribution in [0.3, 0.4) is 0 Å². The standard InChI is InChI=1S/C16H27N3O4S2/c1-11-5-7-19(8-6-11)15(24)25-10-13(21)23-9-12(20)17-14(22)18-16(2,3)4/h11H,5-10H2,1-4H3,(H2,17,18,20,22). The lowest BCUT2D eigenvalue weighted by molar-refractivity contribution is -0.145. The highest BCUT2D eigenvalue weighted by Gasteiger charge is 2.20. The first-order valence-corrected chi connectivity index (χ1v) is 9.65.